The van der Waals surface area contributed by atoms with Crippen LogP contribution in [0, 0.1) is 6.92 Å². The minimum absolute atomic E-state index is 0.0784. The van der Waals surface area contributed by atoms with E-state index in [4.69, 9.17) is 0 Å². The maximum atomic E-state index is 2.62. The SMILES string of the molecule is Cc1cc2c3c(c1)N(c1ccccc1)c1c(sc4c1-c1ccc(C(C)C)cc1C41c4ccccc4-c4ccccc41)B3c1ccccc1N2c1ccccc1. The van der Waals surface area contributed by atoms with Crippen molar-refractivity contribution in [3.05, 3.63) is 196 Å². The Labute approximate surface area is 327 Å². The molecule has 1 spiro atoms. The number of thiophene rings is 1. The van der Waals surface area contributed by atoms with Crippen LogP contribution >= 0.6 is 11.3 Å². The lowest BCUT2D eigenvalue weighted by Crippen LogP contribution is -2.60. The molecule has 0 bridgehead atoms. The van der Waals surface area contributed by atoms with Gasteiger partial charge in [-0.25, -0.2) is 0 Å². The highest BCUT2D eigenvalue weighted by Crippen LogP contribution is 2.67. The molecule has 3 heterocycles. The zero-order chi connectivity index (χ0) is 36.6. The number of anilines is 6. The van der Waals surface area contributed by atoms with Crippen LogP contribution in [0.25, 0.3) is 22.3 Å². The Morgan fingerprint density at radius 2 is 1.13 bits per heavy atom. The van der Waals surface area contributed by atoms with E-state index in [0.717, 1.165) is 0 Å². The molecule has 55 heavy (non-hydrogen) atoms. The molecule has 4 heteroatoms. The first-order valence-corrected chi connectivity index (χ1v) is 20.3. The van der Waals surface area contributed by atoms with E-state index in [2.05, 4.69) is 206 Å². The lowest BCUT2D eigenvalue weighted by molar-refractivity contribution is 0.799. The van der Waals surface area contributed by atoms with Crippen LogP contribution in [-0.2, 0) is 5.41 Å². The van der Waals surface area contributed by atoms with Crippen molar-refractivity contribution in [3.63, 3.8) is 0 Å². The lowest BCUT2D eigenvalue weighted by atomic mass is 9.36. The lowest BCUT2D eigenvalue weighted by Gasteiger charge is -2.43. The van der Waals surface area contributed by atoms with Crippen molar-refractivity contribution in [2.75, 3.05) is 9.80 Å². The van der Waals surface area contributed by atoms with Crippen molar-refractivity contribution in [2.45, 2.75) is 32.1 Å². The summed E-state index contributed by atoms with van der Waals surface area (Å²) in [7, 11) is 0. The second-order valence-corrected chi connectivity index (χ2v) is 16.9. The average Bonchev–Trinajstić information content (AvgIpc) is 3.85. The van der Waals surface area contributed by atoms with Crippen molar-refractivity contribution in [2.24, 2.45) is 0 Å². The molecule has 0 saturated heterocycles. The van der Waals surface area contributed by atoms with Gasteiger partial charge in [-0.2, -0.15) is 0 Å². The molecule has 12 rings (SSSR count). The second kappa shape index (κ2) is 11.2. The summed E-state index contributed by atoms with van der Waals surface area (Å²) in [6.07, 6.45) is 0. The Morgan fingerprint density at radius 1 is 0.545 bits per heavy atom. The third-order valence-corrected chi connectivity index (χ3v) is 14.0. The summed E-state index contributed by atoms with van der Waals surface area (Å²) in [5.41, 5.74) is 22.1. The van der Waals surface area contributed by atoms with Gasteiger partial charge in [0.25, 0.3) is 6.71 Å². The zero-order valence-electron chi connectivity index (χ0n) is 31.0. The number of aryl methyl sites for hydroxylation is 1. The van der Waals surface area contributed by atoms with Gasteiger partial charge in [-0.1, -0.05) is 135 Å². The topological polar surface area (TPSA) is 6.48 Å². The van der Waals surface area contributed by atoms with Gasteiger partial charge in [0.05, 0.1) is 11.1 Å². The molecular formula is C51H37BN2S. The third-order valence-electron chi connectivity index (χ3n) is 12.6. The number of para-hydroxylation sites is 3. The van der Waals surface area contributed by atoms with E-state index in [1.54, 1.807) is 0 Å². The molecule has 2 aliphatic carbocycles. The Hall–Kier alpha value is -6.10. The quantitative estimate of drug-likeness (QED) is 0.168. The van der Waals surface area contributed by atoms with Crippen LogP contribution in [0.3, 0.4) is 0 Å². The predicted molar refractivity (Wildman–Crippen MR) is 233 cm³/mol. The van der Waals surface area contributed by atoms with Crippen LogP contribution < -0.4 is 25.5 Å². The number of rotatable bonds is 3. The van der Waals surface area contributed by atoms with Gasteiger partial charge in [-0.15, -0.1) is 11.3 Å². The van der Waals surface area contributed by atoms with Gasteiger partial charge in [-0.05, 0) is 111 Å². The highest BCUT2D eigenvalue weighted by Gasteiger charge is 2.56. The van der Waals surface area contributed by atoms with E-state index in [1.165, 1.54) is 105 Å². The molecule has 4 aliphatic rings. The minimum Gasteiger partial charge on any atom is -0.311 e. The first-order chi connectivity index (χ1) is 27.1. The number of fused-ring (bicyclic) bond motifs is 15. The molecule has 0 atom stereocenters. The second-order valence-electron chi connectivity index (χ2n) is 15.9. The molecule has 2 aliphatic heterocycles. The van der Waals surface area contributed by atoms with E-state index in [0.29, 0.717) is 5.92 Å². The van der Waals surface area contributed by atoms with E-state index in [9.17, 15) is 0 Å². The van der Waals surface area contributed by atoms with Crippen LogP contribution in [0.1, 0.15) is 52.5 Å². The summed E-state index contributed by atoms with van der Waals surface area (Å²) in [5, 5.41) is 0. The maximum Gasteiger partial charge on any atom is 0.264 e. The van der Waals surface area contributed by atoms with Crippen LogP contribution in [0.4, 0.5) is 34.1 Å². The predicted octanol–water partition coefficient (Wildman–Crippen LogP) is 11.6. The van der Waals surface area contributed by atoms with Gasteiger partial charge in [0.1, 0.15) is 0 Å². The fourth-order valence-corrected chi connectivity index (χ4v) is 12.1. The van der Waals surface area contributed by atoms with E-state index >= 15 is 0 Å². The van der Waals surface area contributed by atoms with Gasteiger partial charge in [0.15, 0.2) is 0 Å². The Kier molecular flexibility index (Phi) is 6.38. The molecule has 8 aromatic rings. The third kappa shape index (κ3) is 3.95. The van der Waals surface area contributed by atoms with Crippen LogP contribution in [-0.4, -0.2) is 6.71 Å². The highest BCUT2D eigenvalue weighted by atomic mass is 32.1. The summed E-state index contributed by atoms with van der Waals surface area (Å²) in [6, 6.07) is 61.9. The maximum absolute atomic E-state index is 2.62. The van der Waals surface area contributed by atoms with Crippen molar-refractivity contribution in [1.82, 2.24) is 0 Å². The molecule has 0 amide bonds. The largest absolute Gasteiger partial charge is 0.311 e. The summed E-state index contributed by atoms with van der Waals surface area (Å²) in [5.74, 6) is 0.419. The summed E-state index contributed by atoms with van der Waals surface area (Å²) >= 11 is 2.06. The first-order valence-electron chi connectivity index (χ1n) is 19.5. The van der Waals surface area contributed by atoms with Gasteiger partial charge < -0.3 is 9.80 Å². The van der Waals surface area contributed by atoms with Crippen molar-refractivity contribution < 1.29 is 0 Å². The molecule has 0 fully saturated rings. The van der Waals surface area contributed by atoms with Crippen molar-refractivity contribution in [3.8, 4) is 22.3 Å². The van der Waals surface area contributed by atoms with Crippen molar-refractivity contribution in [1.29, 1.82) is 0 Å². The van der Waals surface area contributed by atoms with E-state index < -0.39 is 5.41 Å². The fraction of sp³-hybridized carbons (Fsp3) is 0.0980. The minimum atomic E-state index is -0.414. The summed E-state index contributed by atoms with van der Waals surface area (Å²) in [4.78, 5) is 6.57. The summed E-state index contributed by atoms with van der Waals surface area (Å²) in [6.45, 7) is 6.99. The van der Waals surface area contributed by atoms with E-state index in [-0.39, 0.29) is 6.71 Å². The van der Waals surface area contributed by atoms with Crippen molar-refractivity contribution >= 4 is 67.9 Å². The molecule has 7 aromatic carbocycles. The monoisotopic (exact) mass is 720 g/mol. The van der Waals surface area contributed by atoms with Crippen LogP contribution in [0.15, 0.2) is 164 Å². The Bertz CT molecular complexity index is 2840. The average molecular weight is 721 g/mol. The molecule has 0 N–H and O–H groups in total. The van der Waals surface area contributed by atoms with E-state index in [1.807, 2.05) is 0 Å². The molecule has 0 radical (unpaired) electrons. The molecule has 0 unspecified atom stereocenters. The van der Waals surface area contributed by atoms with Gasteiger partial charge in [-0.3, -0.25) is 0 Å². The standard InChI is InChI=1S/C51H37BN2S/c1-31(2)33-26-27-38-41(30-33)51(39-22-12-10-20-36(39)37-21-11-13-23-40(37)51)49-46(38)48-50(55-49)52-42-24-14-15-25-43(42)53(34-16-6-4-7-17-34)44-28-32(3)29-45(47(44)52)54(48)35-18-8-5-9-19-35/h4-31H,1-3H3. The molecule has 2 nitrogen and oxygen atoms in total. The van der Waals surface area contributed by atoms with Crippen LogP contribution in [0.2, 0.25) is 0 Å². The molecule has 1 aromatic heterocycles. The smallest absolute Gasteiger partial charge is 0.264 e. The van der Waals surface area contributed by atoms with Gasteiger partial charge in [0, 0.05) is 43.7 Å². The Morgan fingerprint density at radius 3 is 1.80 bits per heavy atom. The van der Waals surface area contributed by atoms with Crippen LogP contribution in [0.5, 0.6) is 0 Å². The number of benzene rings is 7. The molecular weight excluding hydrogens is 683 g/mol. The highest BCUT2D eigenvalue weighted by molar-refractivity contribution is 7.30. The Balaban J connectivity index is 1.25. The first kappa shape index (κ1) is 31.3. The zero-order valence-corrected chi connectivity index (χ0v) is 31.9. The number of hydrogen-bond donors (Lipinski definition) is 0. The molecule has 0 saturated carbocycles. The van der Waals surface area contributed by atoms with Gasteiger partial charge >= 0.3 is 0 Å². The fourth-order valence-electron chi connectivity index (χ4n) is 10.5. The molecule has 260 valence electrons. The van der Waals surface area contributed by atoms with Gasteiger partial charge in [0.2, 0.25) is 0 Å². The number of hydrogen-bond acceptors (Lipinski definition) is 3. The number of nitrogens with zero attached hydrogens (tertiary/aromatic N) is 2. The normalized spacial score (nSPS) is 14.7. The summed E-state index contributed by atoms with van der Waals surface area (Å²) < 4.78 is 1.42.